The minimum Gasteiger partial charge on any atom is -0.368 e. The van der Waals surface area contributed by atoms with Crippen LogP contribution in [0.5, 0.6) is 0 Å². The van der Waals surface area contributed by atoms with Crippen molar-refractivity contribution in [3.63, 3.8) is 0 Å². The van der Waals surface area contributed by atoms with Crippen LogP contribution in [0.1, 0.15) is 11.3 Å². The molecule has 70 valence electrons. The molecule has 0 aliphatic carbocycles. The third-order valence-corrected chi connectivity index (χ3v) is 2.97. The predicted octanol–water partition coefficient (Wildman–Crippen LogP) is 0.872. The molecule has 0 unspecified atom stereocenters. The van der Waals surface area contributed by atoms with Gasteiger partial charge in [-0.3, -0.25) is 0 Å². The first-order valence-electron chi connectivity index (χ1n) is 4.09. The molecule has 1 aliphatic heterocycles. The fraction of sp³-hybridized carbons (Fsp3) is 0.500. The average Bonchev–Trinajstić information content (AvgIpc) is 2.49. The summed E-state index contributed by atoms with van der Waals surface area (Å²) in [5.74, 6) is 3.31. The Morgan fingerprint density at radius 1 is 1.31 bits per heavy atom. The molecule has 0 bridgehead atoms. The quantitative estimate of drug-likeness (QED) is 0.722. The van der Waals surface area contributed by atoms with Gasteiger partial charge in [0, 0.05) is 31.2 Å². The van der Waals surface area contributed by atoms with Crippen LogP contribution in [0.25, 0.3) is 0 Å². The van der Waals surface area contributed by atoms with Gasteiger partial charge in [0.2, 0.25) is 5.95 Å². The molecule has 0 amide bonds. The highest BCUT2D eigenvalue weighted by Gasteiger charge is 2.19. The monoisotopic (exact) mass is 196 g/mol. The fourth-order valence-electron chi connectivity index (χ4n) is 1.42. The molecule has 0 saturated carbocycles. The number of rotatable bonds is 1. The lowest BCUT2D eigenvalue weighted by Gasteiger charge is -2.14. The molecule has 5 heteroatoms. The van der Waals surface area contributed by atoms with Gasteiger partial charge in [0.1, 0.15) is 5.82 Å². The van der Waals surface area contributed by atoms with E-state index in [2.05, 4.69) is 9.97 Å². The number of aromatic nitrogens is 2. The normalized spacial score (nSPS) is 14.3. The smallest absolute Gasteiger partial charge is 0.222 e. The van der Waals surface area contributed by atoms with E-state index in [0.29, 0.717) is 5.95 Å². The highest BCUT2D eigenvalue weighted by Crippen LogP contribution is 2.33. The van der Waals surface area contributed by atoms with Gasteiger partial charge in [-0.1, -0.05) is 0 Å². The Morgan fingerprint density at radius 2 is 2.08 bits per heavy atom. The van der Waals surface area contributed by atoms with Gasteiger partial charge in [0.15, 0.2) is 0 Å². The third-order valence-electron chi connectivity index (χ3n) is 2.00. The van der Waals surface area contributed by atoms with Crippen molar-refractivity contribution in [2.75, 3.05) is 24.7 Å². The van der Waals surface area contributed by atoms with E-state index in [1.54, 1.807) is 0 Å². The maximum atomic E-state index is 5.61. The van der Waals surface area contributed by atoms with Crippen molar-refractivity contribution >= 4 is 23.5 Å². The van der Waals surface area contributed by atoms with E-state index in [1.165, 1.54) is 5.56 Å². The van der Waals surface area contributed by atoms with E-state index in [0.717, 1.165) is 23.0 Å². The number of anilines is 2. The summed E-state index contributed by atoms with van der Waals surface area (Å²) in [6.07, 6.45) is 0. The van der Waals surface area contributed by atoms with Crippen LogP contribution >= 0.6 is 11.8 Å². The Kier molecular flexibility index (Phi) is 2.03. The van der Waals surface area contributed by atoms with E-state index in [-0.39, 0.29) is 0 Å². The maximum absolute atomic E-state index is 5.61. The molecule has 4 nitrogen and oxygen atoms in total. The van der Waals surface area contributed by atoms with Gasteiger partial charge in [0.05, 0.1) is 5.69 Å². The summed E-state index contributed by atoms with van der Waals surface area (Å²) in [4.78, 5) is 10.4. The second kappa shape index (κ2) is 3.06. The van der Waals surface area contributed by atoms with Gasteiger partial charge in [0.25, 0.3) is 0 Å². The van der Waals surface area contributed by atoms with Crippen LogP contribution in [0.15, 0.2) is 0 Å². The topological polar surface area (TPSA) is 55.0 Å². The molecule has 1 aromatic heterocycles. The zero-order valence-electron chi connectivity index (χ0n) is 7.74. The molecular weight excluding hydrogens is 184 g/mol. The van der Waals surface area contributed by atoms with Crippen LogP contribution < -0.4 is 10.6 Å². The first-order chi connectivity index (χ1) is 6.18. The summed E-state index contributed by atoms with van der Waals surface area (Å²) >= 11 is 1.86. The molecule has 0 radical (unpaired) electrons. The van der Waals surface area contributed by atoms with Crippen molar-refractivity contribution in [3.05, 3.63) is 11.3 Å². The highest BCUT2D eigenvalue weighted by atomic mass is 32.2. The molecule has 1 aliphatic rings. The molecule has 1 aromatic rings. The zero-order valence-corrected chi connectivity index (χ0v) is 8.56. The van der Waals surface area contributed by atoms with Crippen molar-refractivity contribution < 1.29 is 0 Å². The fourth-order valence-corrected chi connectivity index (χ4v) is 2.46. The van der Waals surface area contributed by atoms with Crippen molar-refractivity contribution in [2.24, 2.45) is 0 Å². The van der Waals surface area contributed by atoms with E-state index in [4.69, 9.17) is 5.73 Å². The summed E-state index contributed by atoms with van der Waals surface area (Å²) in [5, 5.41) is 0. The van der Waals surface area contributed by atoms with Gasteiger partial charge in [-0.15, -0.1) is 0 Å². The number of thioether (sulfide) groups is 1. The van der Waals surface area contributed by atoms with Crippen LogP contribution in [-0.2, 0) is 11.5 Å². The number of nitrogen functional groups attached to an aromatic ring is 1. The van der Waals surface area contributed by atoms with Crippen molar-refractivity contribution in [3.8, 4) is 0 Å². The summed E-state index contributed by atoms with van der Waals surface area (Å²) in [7, 11) is 3.95. The Bertz CT molecular complexity index is 337. The van der Waals surface area contributed by atoms with Gasteiger partial charge in [-0.25, -0.2) is 4.98 Å². The van der Waals surface area contributed by atoms with E-state index in [9.17, 15) is 0 Å². The number of fused-ring (bicyclic) bond motifs is 1. The van der Waals surface area contributed by atoms with Gasteiger partial charge in [-0.2, -0.15) is 16.7 Å². The van der Waals surface area contributed by atoms with E-state index >= 15 is 0 Å². The zero-order chi connectivity index (χ0) is 9.42. The molecule has 13 heavy (non-hydrogen) atoms. The van der Waals surface area contributed by atoms with Crippen molar-refractivity contribution in [1.82, 2.24) is 9.97 Å². The molecule has 0 saturated heterocycles. The molecule has 2 N–H and O–H groups in total. The standard InChI is InChI=1S/C8H12N4S/c1-12(2)7-5-3-13-4-6(5)10-8(9)11-7/h3-4H2,1-2H3,(H2,9,10,11). The first-order valence-corrected chi connectivity index (χ1v) is 5.24. The molecule has 0 fully saturated rings. The Balaban J connectivity index is 2.55. The van der Waals surface area contributed by atoms with Crippen LogP contribution in [0.3, 0.4) is 0 Å². The first kappa shape index (κ1) is 8.62. The minimum absolute atomic E-state index is 0.380. The predicted molar refractivity (Wildman–Crippen MR) is 55.8 cm³/mol. The van der Waals surface area contributed by atoms with Crippen molar-refractivity contribution in [1.29, 1.82) is 0 Å². The Morgan fingerprint density at radius 3 is 2.77 bits per heavy atom. The minimum atomic E-state index is 0.380. The average molecular weight is 196 g/mol. The largest absolute Gasteiger partial charge is 0.368 e. The Hall–Kier alpha value is -0.970. The van der Waals surface area contributed by atoms with E-state index < -0.39 is 0 Å². The van der Waals surface area contributed by atoms with Crippen LogP contribution in [0, 0.1) is 0 Å². The number of nitrogens with zero attached hydrogens (tertiary/aromatic N) is 3. The lowest BCUT2D eigenvalue weighted by molar-refractivity contribution is 0.999. The number of nitrogens with two attached hydrogens (primary N) is 1. The van der Waals surface area contributed by atoms with Crippen molar-refractivity contribution in [2.45, 2.75) is 11.5 Å². The third kappa shape index (κ3) is 1.44. The molecule has 2 rings (SSSR count). The summed E-state index contributed by atoms with van der Waals surface area (Å²) < 4.78 is 0. The summed E-state index contributed by atoms with van der Waals surface area (Å²) in [6, 6.07) is 0. The maximum Gasteiger partial charge on any atom is 0.222 e. The van der Waals surface area contributed by atoms with Crippen LogP contribution in [0.4, 0.5) is 11.8 Å². The van der Waals surface area contributed by atoms with Gasteiger partial charge in [-0.05, 0) is 0 Å². The number of hydrogen-bond donors (Lipinski definition) is 1. The molecular formula is C8H12N4S. The lowest BCUT2D eigenvalue weighted by Crippen LogP contribution is -2.15. The molecule has 0 atom stereocenters. The number of hydrogen-bond acceptors (Lipinski definition) is 5. The second-order valence-corrected chi connectivity index (χ2v) is 4.20. The SMILES string of the molecule is CN(C)c1nc(N)nc2c1CSC2. The van der Waals surface area contributed by atoms with Gasteiger partial charge >= 0.3 is 0 Å². The van der Waals surface area contributed by atoms with Gasteiger partial charge < -0.3 is 10.6 Å². The molecule has 2 heterocycles. The molecule has 0 aromatic carbocycles. The summed E-state index contributed by atoms with van der Waals surface area (Å²) in [5.41, 5.74) is 7.95. The highest BCUT2D eigenvalue weighted by molar-refractivity contribution is 7.98. The lowest BCUT2D eigenvalue weighted by atomic mass is 10.2. The Labute approximate surface area is 81.5 Å². The second-order valence-electron chi connectivity index (χ2n) is 3.22. The van der Waals surface area contributed by atoms with Crippen LogP contribution in [0.2, 0.25) is 0 Å². The van der Waals surface area contributed by atoms with Crippen LogP contribution in [-0.4, -0.2) is 24.1 Å². The molecule has 0 spiro atoms. The summed E-state index contributed by atoms with van der Waals surface area (Å²) in [6.45, 7) is 0. The van der Waals surface area contributed by atoms with E-state index in [1.807, 2.05) is 30.8 Å².